The van der Waals surface area contributed by atoms with Crippen LogP contribution in [0.3, 0.4) is 0 Å². The number of carbonyl (C=O) groups excluding carboxylic acids is 1. The van der Waals surface area contributed by atoms with E-state index in [1.54, 1.807) is 6.92 Å². The normalized spacial score (nSPS) is 39.2. The molecule has 96 valence electrons. The molecule has 6 unspecified atom stereocenters. The number of hydrogen-bond acceptors (Lipinski definition) is 5. The Labute approximate surface area is 99.6 Å². The van der Waals surface area contributed by atoms with Gasteiger partial charge in [0.15, 0.2) is 12.6 Å². The molecule has 0 saturated carbocycles. The van der Waals surface area contributed by atoms with Gasteiger partial charge in [-0.2, -0.15) is 0 Å². The maximum atomic E-state index is 10.9. The van der Waals surface area contributed by atoms with Crippen LogP contribution in [-0.2, 0) is 9.53 Å². The van der Waals surface area contributed by atoms with Gasteiger partial charge in [0.25, 0.3) is 0 Å². The summed E-state index contributed by atoms with van der Waals surface area (Å²) in [7, 11) is 0. The number of terminal acetylenes is 1. The molecule has 6 heteroatoms. The van der Waals surface area contributed by atoms with E-state index in [1.807, 2.05) is 0 Å². The number of nitrogens with one attached hydrogen (secondary N) is 1. The van der Waals surface area contributed by atoms with Crippen LogP contribution in [-0.4, -0.2) is 46.0 Å². The van der Waals surface area contributed by atoms with Crippen LogP contribution in [0.2, 0.25) is 0 Å². The molecule has 1 aliphatic rings. The Kier molecular flexibility index (Phi) is 4.48. The monoisotopic (exact) mass is 243 g/mol. The Balaban J connectivity index is 2.87. The van der Waals surface area contributed by atoms with Gasteiger partial charge in [0.2, 0.25) is 5.91 Å². The summed E-state index contributed by atoms with van der Waals surface area (Å²) in [4.78, 5) is 10.9. The molecule has 1 heterocycles. The molecule has 17 heavy (non-hydrogen) atoms. The maximum absolute atomic E-state index is 10.9. The Hall–Kier alpha value is -1.13. The minimum atomic E-state index is -1.47. The van der Waals surface area contributed by atoms with Gasteiger partial charge in [-0.15, -0.1) is 12.3 Å². The minimum absolute atomic E-state index is 0.416. The average Bonchev–Trinajstić information content (AvgIpc) is 2.23. The first-order chi connectivity index (χ1) is 7.88. The summed E-state index contributed by atoms with van der Waals surface area (Å²) in [6.45, 7) is 2.90. The summed E-state index contributed by atoms with van der Waals surface area (Å²) >= 11 is 0. The third kappa shape index (κ3) is 2.96. The van der Waals surface area contributed by atoms with Crippen molar-refractivity contribution in [2.45, 2.75) is 38.6 Å². The van der Waals surface area contributed by atoms with Gasteiger partial charge in [-0.05, 0) is 0 Å². The van der Waals surface area contributed by atoms with Gasteiger partial charge in [-0.1, -0.05) is 6.92 Å². The molecule has 0 aromatic heterocycles. The number of carbonyl (C=O) groups is 1. The van der Waals surface area contributed by atoms with Crippen molar-refractivity contribution in [3.05, 3.63) is 0 Å². The third-order valence-electron chi connectivity index (χ3n) is 2.89. The van der Waals surface area contributed by atoms with Crippen LogP contribution < -0.4 is 5.32 Å². The highest BCUT2D eigenvalue weighted by Gasteiger charge is 2.46. The highest BCUT2D eigenvalue weighted by atomic mass is 16.7. The zero-order valence-corrected chi connectivity index (χ0v) is 9.70. The van der Waals surface area contributed by atoms with Crippen molar-refractivity contribution in [1.82, 2.24) is 5.32 Å². The second-order valence-electron chi connectivity index (χ2n) is 4.17. The van der Waals surface area contributed by atoms with Crippen molar-refractivity contribution in [1.29, 1.82) is 0 Å². The van der Waals surface area contributed by atoms with Crippen molar-refractivity contribution in [2.75, 3.05) is 0 Å². The topological polar surface area (TPSA) is 99.0 Å². The van der Waals surface area contributed by atoms with E-state index < -0.39 is 42.5 Å². The molecule has 4 N–H and O–H groups in total. The second kappa shape index (κ2) is 5.47. The molecule has 1 aliphatic heterocycles. The third-order valence-corrected chi connectivity index (χ3v) is 2.89. The molecule has 1 rings (SSSR count). The quantitative estimate of drug-likeness (QED) is 0.438. The van der Waals surface area contributed by atoms with Gasteiger partial charge in [-0.3, -0.25) is 4.79 Å². The van der Waals surface area contributed by atoms with E-state index in [9.17, 15) is 20.1 Å². The highest BCUT2D eigenvalue weighted by molar-refractivity contribution is 5.73. The summed E-state index contributed by atoms with van der Waals surface area (Å²) in [5.41, 5.74) is 0. The SMILES string of the molecule is C#CC(C)C1C(O)OC(O)C(NC(C)=O)C1O. The average molecular weight is 243 g/mol. The first-order valence-electron chi connectivity index (χ1n) is 5.31. The largest absolute Gasteiger partial charge is 0.390 e. The van der Waals surface area contributed by atoms with Crippen LogP contribution in [0.5, 0.6) is 0 Å². The van der Waals surface area contributed by atoms with Gasteiger partial charge < -0.3 is 25.4 Å². The van der Waals surface area contributed by atoms with Gasteiger partial charge in [0, 0.05) is 12.8 Å². The van der Waals surface area contributed by atoms with Crippen molar-refractivity contribution in [2.24, 2.45) is 11.8 Å². The van der Waals surface area contributed by atoms with Crippen molar-refractivity contribution < 1.29 is 24.9 Å². The van der Waals surface area contributed by atoms with Crippen molar-refractivity contribution >= 4 is 5.91 Å². The fraction of sp³-hybridized carbons (Fsp3) is 0.727. The number of hydrogen-bond donors (Lipinski definition) is 4. The van der Waals surface area contributed by atoms with E-state index in [0.717, 1.165) is 0 Å². The zero-order chi connectivity index (χ0) is 13.2. The molecule has 0 bridgehead atoms. The smallest absolute Gasteiger partial charge is 0.217 e. The fourth-order valence-corrected chi connectivity index (χ4v) is 1.94. The van der Waals surface area contributed by atoms with E-state index in [4.69, 9.17) is 11.2 Å². The van der Waals surface area contributed by atoms with Crippen LogP contribution in [0.25, 0.3) is 0 Å². The van der Waals surface area contributed by atoms with Crippen molar-refractivity contribution in [3.63, 3.8) is 0 Å². The first-order valence-corrected chi connectivity index (χ1v) is 5.31. The summed E-state index contributed by atoms with van der Waals surface area (Å²) in [6.07, 6.45) is 1.22. The molecule has 1 saturated heterocycles. The number of rotatable bonds is 2. The first kappa shape index (κ1) is 13.9. The van der Waals surface area contributed by atoms with E-state index in [2.05, 4.69) is 11.2 Å². The predicted octanol–water partition coefficient (Wildman–Crippen LogP) is -1.60. The Morgan fingerprint density at radius 1 is 1.41 bits per heavy atom. The molecule has 6 nitrogen and oxygen atoms in total. The number of amides is 1. The highest BCUT2D eigenvalue weighted by Crippen LogP contribution is 2.29. The molecular weight excluding hydrogens is 226 g/mol. The molecule has 0 spiro atoms. The van der Waals surface area contributed by atoms with E-state index in [0.29, 0.717) is 0 Å². The van der Waals surface area contributed by atoms with E-state index in [-0.39, 0.29) is 0 Å². The van der Waals surface area contributed by atoms with Crippen LogP contribution in [0.1, 0.15) is 13.8 Å². The summed E-state index contributed by atoms with van der Waals surface area (Å²) < 4.78 is 4.85. The number of ether oxygens (including phenoxy) is 1. The molecule has 0 radical (unpaired) electrons. The Morgan fingerprint density at radius 3 is 2.47 bits per heavy atom. The molecule has 6 atom stereocenters. The summed E-state index contributed by atoms with van der Waals surface area (Å²) in [5.74, 6) is 0.755. The lowest BCUT2D eigenvalue weighted by Gasteiger charge is -2.42. The van der Waals surface area contributed by atoms with E-state index >= 15 is 0 Å². The second-order valence-corrected chi connectivity index (χ2v) is 4.17. The van der Waals surface area contributed by atoms with Crippen LogP contribution in [0.15, 0.2) is 0 Å². The molecule has 1 amide bonds. The molecule has 0 aliphatic carbocycles. The van der Waals surface area contributed by atoms with E-state index in [1.165, 1.54) is 6.92 Å². The van der Waals surface area contributed by atoms with Crippen molar-refractivity contribution in [3.8, 4) is 12.3 Å². The van der Waals surface area contributed by atoms with Crippen LogP contribution in [0, 0.1) is 24.2 Å². The standard InChI is InChI=1S/C11H17NO5/c1-4-5(2)7-9(14)8(12-6(3)13)11(16)17-10(7)15/h1,5,7-11,14-16H,2-3H3,(H,12,13). The fourth-order valence-electron chi connectivity index (χ4n) is 1.94. The molecular formula is C11H17NO5. The molecule has 0 aromatic carbocycles. The molecule has 1 fully saturated rings. The Bertz CT molecular complexity index is 326. The van der Waals surface area contributed by atoms with Gasteiger partial charge >= 0.3 is 0 Å². The minimum Gasteiger partial charge on any atom is -0.390 e. The number of aliphatic hydroxyl groups excluding tert-OH is 3. The van der Waals surface area contributed by atoms with Gasteiger partial charge in [-0.25, -0.2) is 0 Å². The van der Waals surface area contributed by atoms with Crippen LogP contribution >= 0.6 is 0 Å². The maximum Gasteiger partial charge on any atom is 0.217 e. The Morgan fingerprint density at radius 2 is 2.00 bits per heavy atom. The summed E-state index contributed by atoms with van der Waals surface area (Å²) in [5, 5.41) is 31.5. The van der Waals surface area contributed by atoms with Crippen LogP contribution in [0.4, 0.5) is 0 Å². The molecule has 0 aromatic rings. The predicted molar refractivity (Wildman–Crippen MR) is 58.2 cm³/mol. The lowest BCUT2D eigenvalue weighted by Crippen LogP contribution is -2.62. The van der Waals surface area contributed by atoms with Gasteiger partial charge in [0.1, 0.15) is 6.04 Å². The summed E-state index contributed by atoms with van der Waals surface area (Å²) in [6, 6.07) is -1.00. The zero-order valence-electron chi connectivity index (χ0n) is 9.70. The number of aliphatic hydroxyl groups is 3. The lowest BCUT2D eigenvalue weighted by atomic mass is 9.83. The van der Waals surface area contributed by atoms with Gasteiger partial charge in [0.05, 0.1) is 12.0 Å². The lowest BCUT2D eigenvalue weighted by molar-refractivity contribution is -0.294.